The number of benzene rings is 2. The summed E-state index contributed by atoms with van der Waals surface area (Å²) < 4.78 is 15.9. The van der Waals surface area contributed by atoms with E-state index in [1.54, 1.807) is 24.3 Å². The van der Waals surface area contributed by atoms with Crippen LogP contribution < -0.4 is 5.56 Å². The van der Waals surface area contributed by atoms with E-state index in [2.05, 4.69) is 4.98 Å². The minimum Gasteiger partial charge on any atom is -0.481 e. The SMILES string of the molecule is O=C(O)Cc1cc2ccccc2n(Cc2nc3cccc(F)c3s2)c1=O. The number of carboxylic acid groups (broad SMARTS) is 1. The molecule has 0 fully saturated rings. The van der Waals surface area contributed by atoms with E-state index in [1.165, 1.54) is 22.0 Å². The predicted molar refractivity (Wildman–Crippen MR) is 98.2 cm³/mol. The minimum absolute atomic E-state index is 0.158. The van der Waals surface area contributed by atoms with E-state index >= 15 is 0 Å². The molecule has 0 aliphatic heterocycles. The van der Waals surface area contributed by atoms with Crippen molar-refractivity contribution in [3.63, 3.8) is 0 Å². The first-order chi connectivity index (χ1) is 12.5. The number of aliphatic carboxylic acids is 1. The quantitative estimate of drug-likeness (QED) is 0.599. The Bertz CT molecular complexity index is 1210. The summed E-state index contributed by atoms with van der Waals surface area (Å²) >= 11 is 1.19. The van der Waals surface area contributed by atoms with Gasteiger partial charge in [0.1, 0.15) is 10.8 Å². The topological polar surface area (TPSA) is 72.2 Å². The summed E-state index contributed by atoms with van der Waals surface area (Å²) in [4.78, 5) is 28.3. The van der Waals surface area contributed by atoms with Crippen LogP contribution in [0.15, 0.2) is 53.3 Å². The van der Waals surface area contributed by atoms with Crippen LogP contribution >= 0.6 is 11.3 Å². The number of carbonyl (C=O) groups is 1. The molecule has 0 saturated carbocycles. The fourth-order valence-corrected chi connectivity index (χ4v) is 3.96. The van der Waals surface area contributed by atoms with Crippen LogP contribution in [-0.4, -0.2) is 20.6 Å². The average molecular weight is 368 g/mol. The van der Waals surface area contributed by atoms with Crippen molar-refractivity contribution in [1.29, 1.82) is 0 Å². The number of nitrogens with zero attached hydrogens (tertiary/aromatic N) is 2. The highest BCUT2D eigenvalue weighted by Gasteiger charge is 2.14. The van der Waals surface area contributed by atoms with E-state index in [0.717, 1.165) is 5.39 Å². The Kier molecular flexibility index (Phi) is 4.00. The number of thiazole rings is 1. The highest BCUT2D eigenvalue weighted by Crippen LogP contribution is 2.26. The van der Waals surface area contributed by atoms with Gasteiger partial charge in [0.05, 0.1) is 28.7 Å². The number of hydrogen-bond donors (Lipinski definition) is 1. The summed E-state index contributed by atoms with van der Waals surface area (Å²) in [5.74, 6) is -1.41. The molecular formula is C19H13FN2O3S. The number of carboxylic acids is 1. The first kappa shape index (κ1) is 16.4. The van der Waals surface area contributed by atoms with Gasteiger partial charge in [0.25, 0.3) is 5.56 Å². The van der Waals surface area contributed by atoms with E-state index in [4.69, 9.17) is 5.11 Å². The number of halogens is 1. The second-order valence-corrected chi connectivity index (χ2v) is 6.97. The number of hydrogen-bond acceptors (Lipinski definition) is 4. The monoisotopic (exact) mass is 368 g/mol. The van der Waals surface area contributed by atoms with Gasteiger partial charge >= 0.3 is 5.97 Å². The molecule has 0 aliphatic carbocycles. The van der Waals surface area contributed by atoms with Crippen LogP contribution in [0.25, 0.3) is 21.1 Å². The van der Waals surface area contributed by atoms with E-state index in [1.807, 2.05) is 18.2 Å². The lowest BCUT2D eigenvalue weighted by Crippen LogP contribution is -2.26. The molecule has 2 heterocycles. The number of aromatic nitrogens is 2. The zero-order valence-electron chi connectivity index (χ0n) is 13.5. The van der Waals surface area contributed by atoms with Gasteiger partial charge in [-0.2, -0.15) is 0 Å². The summed E-state index contributed by atoms with van der Waals surface area (Å²) in [7, 11) is 0. The van der Waals surface area contributed by atoms with Crippen molar-refractivity contribution in [2.75, 3.05) is 0 Å². The molecule has 0 saturated heterocycles. The molecule has 0 bridgehead atoms. The summed E-state index contributed by atoms with van der Waals surface area (Å²) in [5.41, 5.74) is 1.07. The van der Waals surface area contributed by atoms with Gasteiger partial charge in [-0.25, -0.2) is 9.37 Å². The molecule has 0 atom stereocenters. The Labute approximate surface area is 151 Å². The van der Waals surface area contributed by atoms with Gasteiger partial charge in [-0.15, -0.1) is 11.3 Å². The second kappa shape index (κ2) is 6.34. The third kappa shape index (κ3) is 2.86. The first-order valence-electron chi connectivity index (χ1n) is 7.90. The number of pyridine rings is 1. The van der Waals surface area contributed by atoms with Gasteiger partial charge in [-0.1, -0.05) is 24.3 Å². The summed E-state index contributed by atoms with van der Waals surface area (Å²) in [6.45, 7) is 0.158. The molecule has 4 rings (SSSR count). The van der Waals surface area contributed by atoms with Crippen molar-refractivity contribution < 1.29 is 14.3 Å². The van der Waals surface area contributed by atoms with Crippen molar-refractivity contribution in [2.45, 2.75) is 13.0 Å². The number of rotatable bonds is 4. The van der Waals surface area contributed by atoms with Gasteiger partial charge in [0.15, 0.2) is 0 Å². The normalized spacial score (nSPS) is 11.3. The van der Waals surface area contributed by atoms with Crippen molar-refractivity contribution in [1.82, 2.24) is 9.55 Å². The molecule has 4 aromatic rings. The van der Waals surface area contributed by atoms with Crippen LogP contribution in [0.2, 0.25) is 0 Å². The van der Waals surface area contributed by atoms with Crippen molar-refractivity contribution in [3.8, 4) is 0 Å². The fourth-order valence-electron chi connectivity index (χ4n) is 3.00. The van der Waals surface area contributed by atoms with Crippen LogP contribution in [0.3, 0.4) is 0 Å². The molecule has 130 valence electrons. The molecule has 7 heteroatoms. The lowest BCUT2D eigenvalue weighted by Gasteiger charge is -2.11. The molecule has 26 heavy (non-hydrogen) atoms. The second-order valence-electron chi connectivity index (χ2n) is 5.89. The van der Waals surface area contributed by atoms with Crippen molar-refractivity contribution in [2.24, 2.45) is 0 Å². The molecular weight excluding hydrogens is 355 g/mol. The van der Waals surface area contributed by atoms with E-state index in [-0.39, 0.29) is 29.9 Å². The van der Waals surface area contributed by atoms with E-state index < -0.39 is 5.97 Å². The average Bonchev–Trinajstić information content (AvgIpc) is 3.02. The van der Waals surface area contributed by atoms with Crippen LogP contribution in [0, 0.1) is 5.82 Å². The summed E-state index contributed by atoms with van der Waals surface area (Å²) in [6, 6.07) is 13.6. The van der Waals surface area contributed by atoms with Gasteiger partial charge in [0, 0.05) is 5.56 Å². The minimum atomic E-state index is -1.06. The van der Waals surface area contributed by atoms with E-state index in [0.29, 0.717) is 20.7 Å². The molecule has 0 amide bonds. The third-order valence-electron chi connectivity index (χ3n) is 4.12. The molecule has 0 spiro atoms. The summed E-state index contributed by atoms with van der Waals surface area (Å²) in [5, 5.41) is 10.4. The maximum absolute atomic E-state index is 13.9. The molecule has 2 aromatic carbocycles. The number of fused-ring (bicyclic) bond motifs is 2. The zero-order valence-corrected chi connectivity index (χ0v) is 14.3. The number of para-hydroxylation sites is 1. The van der Waals surface area contributed by atoms with Crippen LogP contribution in [0.5, 0.6) is 0 Å². The predicted octanol–water partition coefficient (Wildman–Crippen LogP) is 3.43. The van der Waals surface area contributed by atoms with Crippen molar-refractivity contribution >= 4 is 38.4 Å². The van der Waals surface area contributed by atoms with Crippen LogP contribution in [-0.2, 0) is 17.8 Å². The van der Waals surface area contributed by atoms with Crippen molar-refractivity contribution in [3.05, 3.63) is 75.3 Å². The van der Waals surface area contributed by atoms with E-state index in [9.17, 15) is 14.0 Å². The lowest BCUT2D eigenvalue weighted by molar-refractivity contribution is -0.136. The Morgan fingerprint density at radius 3 is 2.77 bits per heavy atom. The van der Waals surface area contributed by atoms with Crippen LogP contribution in [0.1, 0.15) is 10.6 Å². The Hall–Kier alpha value is -3.06. The standard InChI is InChI=1S/C19H13FN2O3S/c20-13-5-3-6-14-18(13)26-16(21-14)10-22-15-7-2-1-4-11(15)8-12(19(22)25)9-17(23)24/h1-8H,9-10H2,(H,23,24). The molecule has 0 aliphatic rings. The van der Waals surface area contributed by atoms with Gasteiger partial charge in [0.2, 0.25) is 0 Å². The molecule has 1 N–H and O–H groups in total. The molecule has 2 aromatic heterocycles. The van der Waals surface area contributed by atoms with Gasteiger partial charge in [-0.05, 0) is 29.7 Å². The summed E-state index contributed by atoms with van der Waals surface area (Å²) in [6.07, 6.45) is -0.349. The van der Waals surface area contributed by atoms with Crippen LogP contribution in [0.4, 0.5) is 4.39 Å². The molecule has 5 nitrogen and oxygen atoms in total. The maximum Gasteiger partial charge on any atom is 0.308 e. The largest absolute Gasteiger partial charge is 0.481 e. The lowest BCUT2D eigenvalue weighted by atomic mass is 10.1. The third-order valence-corrected chi connectivity index (χ3v) is 5.19. The highest BCUT2D eigenvalue weighted by atomic mass is 32.1. The first-order valence-corrected chi connectivity index (χ1v) is 8.72. The van der Waals surface area contributed by atoms with Gasteiger partial charge < -0.3 is 9.67 Å². The smallest absolute Gasteiger partial charge is 0.308 e. The maximum atomic E-state index is 13.9. The zero-order chi connectivity index (χ0) is 18.3. The Morgan fingerprint density at radius 1 is 1.19 bits per heavy atom. The fraction of sp³-hybridized carbons (Fsp3) is 0.105. The Morgan fingerprint density at radius 2 is 2.00 bits per heavy atom. The highest BCUT2D eigenvalue weighted by molar-refractivity contribution is 7.18. The molecule has 0 unspecified atom stereocenters. The molecule has 0 radical (unpaired) electrons. The van der Waals surface area contributed by atoms with Gasteiger partial charge in [-0.3, -0.25) is 9.59 Å². The Balaban J connectivity index is 1.88.